The molecule has 3 atom stereocenters. The molecule has 2 fully saturated rings. The summed E-state index contributed by atoms with van der Waals surface area (Å²) in [5.74, 6) is -0.326. The van der Waals surface area contributed by atoms with Crippen molar-refractivity contribution in [2.45, 2.75) is 44.6 Å². The Bertz CT molecular complexity index is 274. The topological polar surface area (TPSA) is 66.4 Å². The normalized spacial score (nSPS) is 32.9. The minimum Gasteiger partial charge on any atom is -0.550 e. The number of fused-ring (bicyclic) bond motifs is 2. The summed E-state index contributed by atoms with van der Waals surface area (Å²) in [5.41, 5.74) is 0. The minimum absolute atomic E-state index is 0.0537. The van der Waals surface area contributed by atoms with Crippen LogP contribution in [0.4, 0.5) is 0 Å². The van der Waals surface area contributed by atoms with Gasteiger partial charge in [0.1, 0.15) is 6.10 Å². The zero-order chi connectivity index (χ0) is 10.8. The molecule has 4 nitrogen and oxygen atoms in total. The maximum Gasteiger partial charge on any atom is 0.306 e. The van der Waals surface area contributed by atoms with Crippen LogP contribution < -0.4 is 5.11 Å². The standard InChI is InChI=1S/C11H16O4/c12-10(13)3-4-11(14)15-9-6-7-1-2-8(9)5-7/h7-9H,1-6H2,(H,12,13)/p-1/t7-,8+,9+/m0/s1. The summed E-state index contributed by atoms with van der Waals surface area (Å²) >= 11 is 0. The Morgan fingerprint density at radius 2 is 2.00 bits per heavy atom. The molecule has 0 aromatic carbocycles. The molecular weight excluding hydrogens is 196 g/mol. The molecule has 2 aliphatic carbocycles. The molecule has 0 saturated heterocycles. The highest BCUT2D eigenvalue weighted by Crippen LogP contribution is 2.45. The van der Waals surface area contributed by atoms with Gasteiger partial charge in [-0.15, -0.1) is 0 Å². The average Bonchev–Trinajstić information content (AvgIpc) is 2.76. The molecule has 0 heterocycles. The third-order valence-corrected chi connectivity index (χ3v) is 3.49. The number of hydrogen-bond acceptors (Lipinski definition) is 4. The molecule has 2 bridgehead atoms. The fourth-order valence-corrected chi connectivity index (χ4v) is 2.76. The predicted molar refractivity (Wildman–Crippen MR) is 49.6 cm³/mol. The summed E-state index contributed by atoms with van der Waals surface area (Å²) in [4.78, 5) is 21.4. The molecule has 0 radical (unpaired) electrons. The van der Waals surface area contributed by atoms with Gasteiger partial charge in [-0.1, -0.05) is 0 Å². The van der Waals surface area contributed by atoms with Crippen LogP contribution >= 0.6 is 0 Å². The first-order chi connectivity index (χ1) is 7.15. The molecular formula is C11H15O4-. The summed E-state index contributed by atoms with van der Waals surface area (Å²) in [5, 5.41) is 10.1. The van der Waals surface area contributed by atoms with Gasteiger partial charge in [0.2, 0.25) is 0 Å². The molecule has 0 aliphatic heterocycles. The van der Waals surface area contributed by atoms with E-state index in [0.717, 1.165) is 18.8 Å². The highest BCUT2D eigenvalue weighted by Gasteiger charge is 2.41. The van der Waals surface area contributed by atoms with Crippen LogP contribution in [0, 0.1) is 11.8 Å². The number of carboxylic acids is 1. The zero-order valence-corrected chi connectivity index (χ0v) is 8.61. The van der Waals surface area contributed by atoms with Crippen molar-refractivity contribution < 1.29 is 19.4 Å². The van der Waals surface area contributed by atoms with Gasteiger partial charge in [0.25, 0.3) is 0 Å². The van der Waals surface area contributed by atoms with Crippen molar-refractivity contribution in [2.75, 3.05) is 0 Å². The molecule has 0 amide bonds. The number of aliphatic carboxylic acids is 1. The van der Waals surface area contributed by atoms with Crippen molar-refractivity contribution in [3.8, 4) is 0 Å². The van der Waals surface area contributed by atoms with Gasteiger partial charge in [-0.25, -0.2) is 0 Å². The second-order valence-electron chi connectivity index (χ2n) is 4.58. The van der Waals surface area contributed by atoms with Crippen molar-refractivity contribution in [1.29, 1.82) is 0 Å². The molecule has 15 heavy (non-hydrogen) atoms. The molecule has 0 N–H and O–H groups in total. The van der Waals surface area contributed by atoms with Crippen LogP contribution in [-0.4, -0.2) is 18.0 Å². The summed E-state index contributed by atoms with van der Waals surface area (Å²) in [7, 11) is 0. The van der Waals surface area contributed by atoms with Crippen LogP contribution in [0.5, 0.6) is 0 Å². The SMILES string of the molecule is O=C([O-])CCC(=O)O[C@@H]1C[C@H]2CC[C@@H]1C2. The molecule has 2 rings (SSSR count). The summed E-state index contributed by atoms with van der Waals surface area (Å²) in [6, 6.07) is 0. The van der Waals surface area contributed by atoms with E-state index in [1.165, 1.54) is 12.8 Å². The van der Waals surface area contributed by atoms with Gasteiger partial charge in [-0.05, 0) is 43.9 Å². The van der Waals surface area contributed by atoms with E-state index in [-0.39, 0.29) is 18.9 Å². The number of carbonyl (C=O) groups excluding carboxylic acids is 2. The zero-order valence-electron chi connectivity index (χ0n) is 8.61. The fourth-order valence-electron chi connectivity index (χ4n) is 2.76. The number of carbonyl (C=O) groups is 2. The van der Waals surface area contributed by atoms with Crippen LogP contribution in [-0.2, 0) is 14.3 Å². The fraction of sp³-hybridized carbons (Fsp3) is 0.818. The first-order valence-electron chi connectivity index (χ1n) is 5.54. The molecule has 0 aromatic heterocycles. The summed E-state index contributed by atoms with van der Waals surface area (Å²) in [6.45, 7) is 0. The van der Waals surface area contributed by atoms with Gasteiger partial charge < -0.3 is 14.6 Å². The Morgan fingerprint density at radius 1 is 1.20 bits per heavy atom. The first kappa shape index (κ1) is 10.5. The lowest BCUT2D eigenvalue weighted by Crippen LogP contribution is -2.26. The molecule has 2 aliphatic rings. The number of esters is 1. The predicted octanol–water partition coefficient (Wildman–Crippen LogP) is 0.248. The Balaban J connectivity index is 1.73. The highest BCUT2D eigenvalue weighted by molar-refractivity contribution is 5.75. The molecule has 0 spiro atoms. The Kier molecular flexibility index (Phi) is 2.93. The van der Waals surface area contributed by atoms with E-state index in [2.05, 4.69) is 0 Å². The van der Waals surface area contributed by atoms with E-state index < -0.39 is 11.9 Å². The van der Waals surface area contributed by atoms with E-state index in [9.17, 15) is 14.7 Å². The minimum atomic E-state index is -1.19. The Labute approximate surface area is 88.6 Å². The van der Waals surface area contributed by atoms with Gasteiger partial charge in [0, 0.05) is 5.97 Å². The maximum absolute atomic E-state index is 11.3. The summed E-state index contributed by atoms with van der Waals surface area (Å²) in [6.07, 6.45) is 4.33. The van der Waals surface area contributed by atoms with Crippen LogP contribution in [0.3, 0.4) is 0 Å². The monoisotopic (exact) mass is 211 g/mol. The van der Waals surface area contributed by atoms with E-state index in [1.54, 1.807) is 0 Å². The van der Waals surface area contributed by atoms with Gasteiger partial charge in [0.15, 0.2) is 0 Å². The molecule has 0 aromatic rings. The highest BCUT2D eigenvalue weighted by atomic mass is 16.5. The summed E-state index contributed by atoms with van der Waals surface area (Å²) < 4.78 is 5.27. The molecule has 84 valence electrons. The molecule has 4 heteroatoms. The third-order valence-electron chi connectivity index (χ3n) is 3.49. The lowest BCUT2D eigenvalue weighted by molar-refractivity contribution is -0.305. The van der Waals surface area contributed by atoms with Crippen molar-refractivity contribution in [3.63, 3.8) is 0 Å². The van der Waals surface area contributed by atoms with Crippen molar-refractivity contribution >= 4 is 11.9 Å². The van der Waals surface area contributed by atoms with E-state index in [0.29, 0.717) is 5.92 Å². The van der Waals surface area contributed by atoms with Gasteiger partial charge >= 0.3 is 5.97 Å². The van der Waals surface area contributed by atoms with Crippen LogP contribution in [0.15, 0.2) is 0 Å². The van der Waals surface area contributed by atoms with Crippen molar-refractivity contribution in [1.82, 2.24) is 0 Å². The first-order valence-corrected chi connectivity index (χ1v) is 5.54. The Hall–Kier alpha value is -1.06. The molecule has 0 unspecified atom stereocenters. The van der Waals surface area contributed by atoms with E-state index in [4.69, 9.17) is 4.74 Å². The van der Waals surface area contributed by atoms with Crippen LogP contribution in [0.2, 0.25) is 0 Å². The van der Waals surface area contributed by atoms with Gasteiger partial charge in [0.05, 0.1) is 6.42 Å². The van der Waals surface area contributed by atoms with E-state index in [1.807, 2.05) is 0 Å². The average molecular weight is 211 g/mol. The van der Waals surface area contributed by atoms with E-state index >= 15 is 0 Å². The second-order valence-corrected chi connectivity index (χ2v) is 4.58. The van der Waals surface area contributed by atoms with Crippen molar-refractivity contribution in [3.05, 3.63) is 0 Å². The van der Waals surface area contributed by atoms with Crippen LogP contribution in [0.25, 0.3) is 0 Å². The third kappa shape index (κ3) is 2.49. The Morgan fingerprint density at radius 3 is 2.53 bits per heavy atom. The number of carboxylic acid groups (broad SMARTS) is 1. The quantitative estimate of drug-likeness (QED) is 0.625. The lowest BCUT2D eigenvalue weighted by Gasteiger charge is -2.21. The number of rotatable bonds is 4. The molecule has 2 saturated carbocycles. The maximum atomic E-state index is 11.3. The van der Waals surface area contributed by atoms with Crippen molar-refractivity contribution in [2.24, 2.45) is 11.8 Å². The number of ether oxygens (including phenoxy) is 1. The second kappa shape index (κ2) is 4.21. The number of hydrogen-bond donors (Lipinski definition) is 0. The van der Waals surface area contributed by atoms with Gasteiger partial charge in [-0.2, -0.15) is 0 Å². The lowest BCUT2D eigenvalue weighted by atomic mass is 9.98. The smallest absolute Gasteiger partial charge is 0.306 e. The largest absolute Gasteiger partial charge is 0.550 e. The van der Waals surface area contributed by atoms with Crippen LogP contribution in [0.1, 0.15) is 38.5 Å². The van der Waals surface area contributed by atoms with Gasteiger partial charge in [-0.3, -0.25) is 4.79 Å².